The zero-order valence-corrected chi connectivity index (χ0v) is 26.3. The third-order valence-electron chi connectivity index (χ3n) is 10.7. The fraction of sp³-hybridized carbons (Fsp3) is 0.526. The molecule has 0 amide bonds. The Balaban J connectivity index is 1.18. The number of phenols is 2. The molecule has 3 aliphatic carbocycles. The molecule has 3 aromatic rings. The lowest BCUT2D eigenvalue weighted by Crippen LogP contribution is -2.33. The molecule has 3 atom stereocenters. The Morgan fingerprint density at radius 1 is 0.932 bits per heavy atom. The van der Waals surface area contributed by atoms with Crippen LogP contribution in [0, 0.1) is 11.3 Å². The minimum absolute atomic E-state index is 0.0996. The minimum atomic E-state index is -0.758. The third kappa shape index (κ3) is 5.29. The van der Waals surface area contributed by atoms with Gasteiger partial charge >= 0.3 is 0 Å². The lowest BCUT2D eigenvalue weighted by atomic mass is 9.72. The molecule has 0 bridgehead atoms. The molecule has 6 nitrogen and oxygen atoms in total. The van der Waals surface area contributed by atoms with E-state index in [9.17, 15) is 15.3 Å². The van der Waals surface area contributed by atoms with Crippen LogP contribution in [0.3, 0.4) is 0 Å². The summed E-state index contributed by atoms with van der Waals surface area (Å²) in [5.74, 6) is 2.85. The molecule has 1 heterocycles. The molecule has 3 N–H and O–H groups in total. The molecule has 2 saturated carbocycles. The average Bonchev–Trinajstić information content (AvgIpc) is 3.44. The first kappa shape index (κ1) is 29.3. The Kier molecular flexibility index (Phi) is 7.68. The van der Waals surface area contributed by atoms with Crippen molar-refractivity contribution in [3.8, 4) is 39.9 Å². The van der Waals surface area contributed by atoms with Crippen molar-refractivity contribution in [2.45, 2.75) is 109 Å². The summed E-state index contributed by atoms with van der Waals surface area (Å²) in [5, 5.41) is 33.0. The molecule has 6 heteroatoms. The van der Waals surface area contributed by atoms with E-state index in [1.54, 1.807) is 13.2 Å². The van der Waals surface area contributed by atoms with Gasteiger partial charge in [-0.05, 0) is 121 Å². The summed E-state index contributed by atoms with van der Waals surface area (Å²) in [6.07, 6.45) is 11.3. The van der Waals surface area contributed by atoms with Crippen molar-refractivity contribution < 1.29 is 29.5 Å². The normalized spacial score (nSPS) is 23.5. The van der Waals surface area contributed by atoms with Crippen molar-refractivity contribution >= 4 is 0 Å². The molecule has 44 heavy (non-hydrogen) atoms. The zero-order chi connectivity index (χ0) is 30.6. The van der Waals surface area contributed by atoms with Crippen LogP contribution in [0.25, 0.3) is 11.1 Å². The zero-order valence-electron chi connectivity index (χ0n) is 26.3. The number of phenolic OH excluding ortho intramolecular Hbond substituents is 2. The van der Waals surface area contributed by atoms with Gasteiger partial charge in [-0.1, -0.05) is 32.8 Å². The van der Waals surface area contributed by atoms with E-state index in [2.05, 4.69) is 19.9 Å². The van der Waals surface area contributed by atoms with Gasteiger partial charge < -0.3 is 29.5 Å². The molecule has 2 fully saturated rings. The Morgan fingerprint density at radius 2 is 1.73 bits per heavy atom. The molecule has 0 saturated heterocycles. The number of fused-ring (bicyclic) bond motifs is 5. The van der Waals surface area contributed by atoms with Crippen molar-refractivity contribution in [1.29, 1.82) is 0 Å². The summed E-state index contributed by atoms with van der Waals surface area (Å²) in [6.45, 7) is 4.31. The second-order valence-corrected chi connectivity index (χ2v) is 14.2. The maximum atomic E-state index is 11.5. The summed E-state index contributed by atoms with van der Waals surface area (Å²) in [5.41, 5.74) is 7.57. The van der Waals surface area contributed by atoms with E-state index in [4.69, 9.17) is 14.2 Å². The van der Waals surface area contributed by atoms with Crippen LogP contribution in [0.2, 0.25) is 0 Å². The first-order chi connectivity index (χ1) is 21.2. The fourth-order valence-electron chi connectivity index (χ4n) is 8.64. The van der Waals surface area contributed by atoms with Crippen molar-refractivity contribution in [3.05, 3.63) is 64.2 Å². The summed E-state index contributed by atoms with van der Waals surface area (Å²) in [7, 11) is 1.69. The van der Waals surface area contributed by atoms with E-state index in [1.807, 2.05) is 24.3 Å². The number of hydrogen-bond acceptors (Lipinski definition) is 6. The Labute approximate surface area is 261 Å². The van der Waals surface area contributed by atoms with Gasteiger partial charge in [0.15, 0.2) is 11.5 Å². The molecular formula is C38H46O6. The van der Waals surface area contributed by atoms with Gasteiger partial charge in [0.2, 0.25) is 0 Å². The van der Waals surface area contributed by atoms with Crippen LogP contribution in [0.15, 0.2) is 36.4 Å². The lowest BCUT2D eigenvalue weighted by molar-refractivity contribution is 0.0199. The smallest absolute Gasteiger partial charge is 0.161 e. The summed E-state index contributed by atoms with van der Waals surface area (Å²) in [4.78, 5) is 0. The van der Waals surface area contributed by atoms with Crippen molar-refractivity contribution in [2.24, 2.45) is 11.3 Å². The minimum Gasteiger partial charge on any atom is -0.508 e. The molecule has 0 aromatic heterocycles. The standard InChI is InChI=1S/C38H46O6/c1-22(2)15-25-16-28-23(17-31(25)40)8-10-27-29-19-32(41)37(44-33(29)20-35(42-3)36(27)28)24-9-11-30(39)34(18-24)43-26-7-6-14-38(21-26)12-4-5-13-38/h9,11,16-18,20,22,26,32,37,39-41H,4-8,10,12-15,19,21H2,1-3H3/t26-,32-,37+/m1/s1. The number of rotatable bonds is 6. The van der Waals surface area contributed by atoms with E-state index < -0.39 is 12.2 Å². The SMILES string of the molecule is COc1cc2c(c3c1-c1cc(CC(C)C)c(O)cc1CC3)C[C@@H](O)[C@H](c1ccc(O)c(O[C@@H]3CCCC4(CCCC4)C3)c1)O2. The van der Waals surface area contributed by atoms with Crippen LogP contribution < -0.4 is 14.2 Å². The van der Waals surface area contributed by atoms with Crippen molar-refractivity contribution in [1.82, 2.24) is 0 Å². The molecular weight excluding hydrogens is 552 g/mol. The van der Waals surface area contributed by atoms with E-state index >= 15 is 0 Å². The predicted octanol–water partition coefficient (Wildman–Crippen LogP) is 7.99. The summed E-state index contributed by atoms with van der Waals surface area (Å²) in [6, 6.07) is 11.4. The van der Waals surface area contributed by atoms with E-state index in [1.165, 1.54) is 38.5 Å². The quantitative estimate of drug-likeness (QED) is 0.267. The number of aliphatic hydroxyl groups is 1. The van der Waals surface area contributed by atoms with Gasteiger partial charge in [-0.15, -0.1) is 0 Å². The Hall–Kier alpha value is -3.38. The first-order valence-corrected chi connectivity index (χ1v) is 16.7. The van der Waals surface area contributed by atoms with E-state index in [-0.39, 0.29) is 11.9 Å². The van der Waals surface area contributed by atoms with Crippen LogP contribution >= 0.6 is 0 Å². The van der Waals surface area contributed by atoms with Crippen LogP contribution in [-0.2, 0) is 25.7 Å². The van der Waals surface area contributed by atoms with E-state index in [0.717, 1.165) is 82.5 Å². The molecule has 234 valence electrons. The van der Waals surface area contributed by atoms with Crippen LogP contribution in [0.4, 0.5) is 0 Å². The highest BCUT2D eigenvalue weighted by atomic mass is 16.5. The molecule has 3 aromatic carbocycles. The van der Waals surface area contributed by atoms with Gasteiger partial charge in [-0.3, -0.25) is 0 Å². The highest BCUT2D eigenvalue weighted by Crippen LogP contribution is 2.51. The molecule has 0 radical (unpaired) electrons. The highest BCUT2D eigenvalue weighted by molar-refractivity contribution is 5.82. The second-order valence-electron chi connectivity index (χ2n) is 14.2. The fourth-order valence-corrected chi connectivity index (χ4v) is 8.64. The Morgan fingerprint density at radius 3 is 2.50 bits per heavy atom. The average molecular weight is 599 g/mol. The number of methoxy groups -OCH3 is 1. The number of aliphatic hydroxyl groups excluding tert-OH is 1. The molecule has 1 spiro atoms. The van der Waals surface area contributed by atoms with E-state index in [0.29, 0.717) is 29.3 Å². The van der Waals surface area contributed by atoms with Gasteiger partial charge in [0, 0.05) is 23.6 Å². The lowest BCUT2D eigenvalue weighted by Gasteiger charge is -2.38. The van der Waals surface area contributed by atoms with Crippen LogP contribution in [-0.4, -0.2) is 34.6 Å². The van der Waals surface area contributed by atoms with Crippen LogP contribution in [0.5, 0.6) is 28.7 Å². The topological polar surface area (TPSA) is 88.4 Å². The monoisotopic (exact) mass is 598 g/mol. The molecule has 7 rings (SSSR count). The first-order valence-electron chi connectivity index (χ1n) is 16.7. The highest BCUT2D eigenvalue weighted by Gasteiger charge is 2.40. The summed E-state index contributed by atoms with van der Waals surface area (Å²) >= 11 is 0. The number of hydrogen-bond donors (Lipinski definition) is 3. The second kappa shape index (κ2) is 11.5. The third-order valence-corrected chi connectivity index (χ3v) is 10.7. The molecule has 4 aliphatic rings. The summed E-state index contributed by atoms with van der Waals surface area (Å²) < 4.78 is 19.0. The van der Waals surface area contributed by atoms with Crippen LogP contribution in [0.1, 0.15) is 99.1 Å². The number of benzene rings is 3. The number of aromatic hydroxyl groups is 2. The predicted molar refractivity (Wildman–Crippen MR) is 171 cm³/mol. The van der Waals surface area contributed by atoms with Gasteiger partial charge in [0.05, 0.1) is 19.3 Å². The number of aryl methyl sites for hydroxylation is 1. The van der Waals surface area contributed by atoms with Gasteiger partial charge in [-0.25, -0.2) is 0 Å². The maximum Gasteiger partial charge on any atom is 0.161 e. The van der Waals surface area contributed by atoms with Crippen molar-refractivity contribution in [3.63, 3.8) is 0 Å². The van der Waals surface area contributed by atoms with Gasteiger partial charge in [-0.2, -0.15) is 0 Å². The maximum absolute atomic E-state index is 11.5. The van der Waals surface area contributed by atoms with Crippen molar-refractivity contribution in [2.75, 3.05) is 7.11 Å². The largest absolute Gasteiger partial charge is 0.508 e. The Bertz CT molecular complexity index is 1550. The van der Waals surface area contributed by atoms with Gasteiger partial charge in [0.1, 0.15) is 23.4 Å². The van der Waals surface area contributed by atoms with Gasteiger partial charge in [0.25, 0.3) is 0 Å². The molecule has 0 unspecified atom stereocenters. The molecule has 1 aliphatic heterocycles. The number of ether oxygens (including phenoxy) is 3.